The Hall–Kier alpha value is -3.00. The van der Waals surface area contributed by atoms with Gasteiger partial charge in [-0.1, -0.05) is 0 Å². The second kappa shape index (κ2) is 6.02. The summed E-state index contributed by atoms with van der Waals surface area (Å²) in [6.07, 6.45) is 6.01. The highest BCUT2D eigenvalue weighted by Crippen LogP contribution is 2.27. The van der Waals surface area contributed by atoms with Gasteiger partial charge in [0.25, 0.3) is 0 Å². The first-order valence-corrected chi connectivity index (χ1v) is 9.21. The third-order valence-electron chi connectivity index (χ3n) is 5.51. The van der Waals surface area contributed by atoms with Crippen molar-refractivity contribution < 1.29 is 0 Å². The molecule has 0 atom stereocenters. The molecule has 1 aliphatic carbocycles. The first kappa shape index (κ1) is 16.2. The summed E-state index contributed by atoms with van der Waals surface area (Å²) in [6.45, 7) is 1.98. The van der Waals surface area contributed by atoms with Crippen LogP contribution in [-0.2, 0) is 7.05 Å². The summed E-state index contributed by atoms with van der Waals surface area (Å²) >= 11 is 0. The summed E-state index contributed by atoms with van der Waals surface area (Å²) in [5, 5.41) is 11.3. The van der Waals surface area contributed by atoms with E-state index in [1.165, 1.54) is 0 Å². The van der Waals surface area contributed by atoms with Crippen molar-refractivity contribution in [2.24, 2.45) is 7.05 Å². The summed E-state index contributed by atoms with van der Waals surface area (Å²) in [7, 11) is 3.99. The van der Waals surface area contributed by atoms with E-state index in [0.717, 1.165) is 46.6 Å². The van der Waals surface area contributed by atoms with Crippen molar-refractivity contribution in [2.75, 3.05) is 12.4 Å². The van der Waals surface area contributed by atoms with E-state index in [0.29, 0.717) is 18.0 Å². The maximum absolute atomic E-state index is 4.81. The summed E-state index contributed by atoms with van der Waals surface area (Å²) < 4.78 is 3.87. The van der Waals surface area contributed by atoms with Crippen molar-refractivity contribution in [1.82, 2.24) is 34.4 Å². The highest BCUT2D eigenvalue weighted by molar-refractivity contribution is 5.82. The topological polar surface area (TPSA) is 85.0 Å². The number of hydrogen-bond donors (Lipinski definition) is 2. The molecule has 1 aliphatic rings. The van der Waals surface area contributed by atoms with E-state index < -0.39 is 0 Å². The van der Waals surface area contributed by atoms with Crippen LogP contribution in [0, 0.1) is 6.92 Å². The minimum Gasteiger partial charge on any atom is -0.350 e. The first-order chi connectivity index (χ1) is 13.1. The third kappa shape index (κ3) is 2.64. The third-order valence-corrected chi connectivity index (χ3v) is 5.51. The predicted octanol–water partition coefficient (Wildman–Crippen LogP) is 2.15. The van der Waals surface area contributed by atoms with Gasteiger partial charge < -0.3 is 15.2 Å². The molecule has 4 aromatic rings. The number of imidazole rings is 1. The fraction of sp³-hybridized carbons (Fsp3) is 0.368. The van der Waals surface area contributed by atoms with Crippen molar-refractivity contribution >= 4 is 22.6 Å². The first-order valence-electron chi connectivity index (χ1n) is 9.21. The van der Waals surface area contributed by atoms with Crippen molar-refractivity contribution in [3.05, 3.63) is 36.4 Å². The number of nitrogens with zero attached hydrogens (tertiary/aromatic N) is 6. The molecule has 0 aromatic carbocycles. The Morgan fingerprint density at radius 2 is 1.96 bits per heavy atom. The molecular weight excluding hydrogens is 340 g/mol. The van der Waals surface area contributed by atoms with E-state index in [1.807, 2.05) is 60.7 Å². The molecule has 0 radical (unpaired) electrons. The van der Waals surface area contributed by atoms with Gasteiger partial charge in [0.1, 0.15) is 11.3 Å². The Balaban J connectivity index is 1.47. The van der Waals surface area contributed by atoms with E-state index in [1.54, 1.807) is 0 Å². The van der Waals surface area contributed by atoms with Crippen LogP contribution in [0.1, 0.15) is 18.7 Å². The maximum Gasteiger partial charge on any atom is 0.241 e. The molecule has 2 N–H and O–H groups in total. The van der Waals surface area contributed by atoms with Crippen molar-refractivity contribution in [1.29, 1.82) is 0 Å². The van der Waals surface area contributed by atoms with Gasteiger partial charge in [0.05, 0.1) is 17.4 Å². The predicted molar refractivity (Wildman–Crippen MR) is 105 cm³/mol. The summed E-state index contributed by atoms with van der Waals surface area (Å²) in [4.78, 5) is 13.8. The van der Waals surface area contributed by atoms with E-state index >= 15 is 0 Å². The lowest BCUT2D eigenvalue weighted by Gasteiger charge is -2.35. The molecule has 5 rings (SSSR count). The zero-order valence-electron chi connectivity index (χ0n) is 15.6. The molecule has 1 saturated carbocycles. The van der Waals surface area contributed by atoms with Crippen LogP contribution in [0.2, 0.25) is 0 Å². The fourth-order valence-corrected chi connectivity index (χ4v) is 3.66. The number of pyridine rings is 1. The molecule has 0 saturated heterocycles. The van der Waals surface area contributed by atoms with Crippen molar-refractivity contribution in [3.8, 4) is 11.3 Å². The standard InChI is InChI=1S/C19H22N8/c1-11-22-16-5-4-15(24-18(16)26(11)3)14-6-7-27-17(14)10-21-19(25-27)23-13-8-12(9-13)20-2/h4-7,10,12-13,20H,8-9H2,1-3H3,(H,23,25)/t12-,13-. The second-order valence-electron chi connectivity index (χ2n) is 7.20. The summed E-state index contributed by atoms with van der Waals surface area (Å²) in [5.41, 5.74) is 4.64. The van der Waals surface area contributed by atoms with Gasteiger partial charge in [-0.3, -0.25) is 0 Å². The number of aromatic nitrogens is 6. The zero-order valence-corrected chi connectivity index (χ0v) is 15.6. The molecule has 1 fully saturated rings. The Bertz CT molecular complexity index is 1140. The van der Waals surface area contributed by atoms with Gasteiger partial charge in [0.15, 0.2) is 5.65 Å². The van der Waals surface area contributed by atoms with Gasteiger partial charge in [0, 0.05) is 30.9 Å². The maximum atomic E-state index is 4.81. The normalized spacial score (nSPS) is 19.5. The Morgan fingerprint density at radius 3 is 2.78 bits per heavy atom. The number of aryl methyl sites for hydroxylation is 2. The van der Waals surface area contributed by atoms with E-state index in [4.69, 9.17) is 4.98 Å². The van der Waals surface area contributed by atoms with Crippen molar-refractivity contribution in [2.45, 2.75) is 31.8 Å². The second-order valence-corrected chi connectivity index (χ2v) is 7.20. The average molecular weight is 362 g/mol. The minimum absolute atomic E-state index is 0.437. The van der Waals surface area contributed by atoms with Crippen molar-refractivity contribution in [3.63, 3.8) is 0 Å². The number of fused-ring (bicyclic) bond motifs is 2. The Labute approximate surface area is 156 Å². The zero-order chi connectivity index (χ0) is 18.5. The number of nitrogens with one attached hydrogen (secondary N) is 2. The molecule has 4 heterocycles. The summed E-state index contributed by atoms with van der Waals surface area (Å²) in [6, 6.07) is 7.08. The Morgan fingerprint density at radius 1 is 1.11 bits per heavy atom. The highest BCUT2D eigenvalue weighted by Gasteiger charge is 2.28. The fourth-order valence-electron chi connectivity index (χ4n) is 3.66. The van der Waals surface area contributed by atoms with Gasteiger partial charge in [-0.25, -0.2) is 19.5 Å². The molecule has 8 nitrogen and oxygen atoms in total. The van der Waals surface area contributed by atoms with Gasteiger partial charge in [0.2, 0.25) is 5.95 Å². The number of hydrogen-bond acceptors (Lipinski definition) is 6. The van der Waals surface area contributed by atoms with Crippen LogP contribution in [0.3, 0.4) is 0 Å². The van der Waals surface area contributed by atoms with E-state index in [9.17, 15) is 0 Å². The largest absolute Gasteiger partial charge is 0.350 e. The SMILES string of the molecule is CN[C@H]1C[C@H](Nc2ncc3c(-c4ccc5nc(C)n(C)c5n4)ccn3n2)C1. The number of anilines is 1. The van der Waals surface area contributed by atoms with Gasteiger partial charge in [-0.2, -0.15) is 0 Å². The van der Waals surface area contributed by atoms with Crippen LogP contribution in [0.25, 0.3) is 27.9 Å². The van der Waals surface area contributed by atoms with Gasteiger partial charge >= 0.3 is 0 Å². The van der Waals surface area contributed by atoms with Gasteiger partial charge in [-0.05, 0) is 45.0 Å². The van der Waals surface area contributed by atoms with Gasteiger partial charge in [-0.15, -0.1) is 5.10 Å². The molecule has 27 heavy (non-hydrogen) atoms. The monoisotopic (exact) mass is 362 g/mol. The van der Waals surface area contributed by atoms with Crippen LogP contribution in [-0.4, -0.2) is 48.3 Å². The highest BCUT2D eigenvalue weighted by atomic mass is 15.3. The molecule has 0 amide bonds. The van der Waals surface area contributed by atoms with E-state index in [-0.39, 0.29) is 0 Å². The minimum atomic E-state index is 0.437. The molecule has 8 heteroatoms. The molecule has 0 spiro atoms. The Kier molecular flexibility index (Phi) is 3.61. The lowest BCUT2D eigenvalue weighted by Crippen LogP contribution is -2.46. The van der Waals surface area contributed by atoms with Crippen LogP contribution < -0.4 is 10.6 Å². The molecule has 0 unspecified atom stereocenters. The van der Waals surface area contributed by atoms with E-state index in [2.05, 4.69) is 25.7 Å². The molecule has 0 aliphatic heterocycles. The average Bonchev–Trinajstić information content (AvgIpc) is 3.18. The molecule has 4 aromatic heterocycles. The lowest BCUT2D eigenvalue weighted by atomic mass is 9.87. The summed E-state index contributed by atoms with van der Waals surface area (Å²) in [5.74, 6) is 1.61. The lowest BCUT2D eigenvalue weighted by molar-refractivity contribution is 0.325. The van der Waals surface area contributed by atoms with Crippen LogP contribution in [0.5, 0.6) is 0 Å². The smallest absolute Gasteiger partial charge is 0.241 e. The molecular formula is C19H22N8. The van der Waals surface area contributed by atoms with Crippen LogP contribution >= 0.6 is 0 Å². The quantitative estimate of drug-likeness (QED) is 0.579. The van der Waals surface area contributed by atoms with Crippen LogP contribution in [0.15, 0.2) is 30.6 Å². The molecule has 138 valence electrons. The van der Waals surface area contributed by atoms with Crippen LogP contribution in [0.4, 0.5) is 5.95 Å². The number of rotatable bonds is 4. The molecule has 0 bridgehead atoms.